The van der Waals surface area contributed by atoms with E-state index in [4.69, 9.17) is 15.9 Å². The van der Waals surface area contributed by atoms with Crippen molar-refractivity contribution in [2.24, 2.45) is 16.6 Å². The summed E-state index contributed by atoms with van der Waals surface area (Å²) in [6.07, 6.45) is 2.39. The van der Waals surface area contributed by atoms with E-state index in [1.807, 2.05) is 11.5 Å². The molecule has 7 nitrogen and oxygen atoms in total. The number of aliphatic hydroxyl groups excluding tert-OH is 2. The third kappa shape index (κ3) is 2.46. The van der Waals surface area contributed by atoms with E-state index in [2.05, 4.69) is 15.3 Å². The molecular weight excluding hydrogens is 234 g/mol. The first-order chi connectivity index (χ1) is 8.65. The van der Waals surface area contributed by atoms with Crippen LogP contribution < -0.4 is 11.1 Å². The summed E-state index contributed by atoms with van der Waals surface area (Å²) in [5.41, 5.74) is 6.56. The van der Waals surface area contributed by atoms with Crippen molar-refractivity contribution in [3.05, 3.63) is 12.0 Å². The number of hydrogen-bond donors (Lipinski definition) is 4. The number of nitrogens with one attached hydrogen (secondary N) is 1. The largest absolute Gasteiger partial charge is 0.396 e. The summed E-state index contributed by atoms with van der Waals surface area (Å²) >= 11 is 0. The van der Waals surface area contributed by atoms with E-state index in [-0.39, 0.29) is 25.2 Å². The Morgan fingerprint density at radius 2 is 2.22 bits per heavy atom. The normalized spacial score (nSPS) is 18.4. The lowest BCUT2D eigenvalue weighted by Crippen LogP contribution is -2.36. The number of aromatic nitrogens is 2. The SMILES string of the molecule is CC1NC(N)=Nc2c1ncn2CCC(CO)CO. The van der Waals surface area contributed by atoms with Crippen LogP contribution in [-0.4, -0.2) is 38.9 Å². The van der Waals surface area contributed by atoms with Crippen LogP contribution in [0.15, 0.2) is 11.3 Å². The summed E-state index contributed by atoms with van der Waals surface area (Å²) in [4.78, 5) is 8.56. The van der Waals surface area contributed by atoms with Gasteiger partial charge in [-0.3, -0.25) is 0 Å². The molecule has 0 spiro atoms. The molecule has 0 fully saturated rings. The minimum absolute atomic E-state index is 0.0171. The summed E-state index contributed by atoms with van der Waals surface area (Å²) in [5, 5.41) is 21.1. The second kappa shape index (κ2) is 5.36. The lowest BCUT2D eigenvalue weighted by molar-refractivity contribution is 0.140. The van der Waals surface area contributed by atoms with Gasteiger partial charge in [0.1, 0.15) is 5.69 Å². The highest BCUT2D eigenvalue weighted by Crippen LogP contribution is 2.27. The molecule has 0 saturated heterocycles. The zero-order valence-electron chi connectivity index (χ0n) is 10.4. The third-order valence-corrected chi connectivity index (χ3v) is 3.13. The van der Waals surface area contributed by atoms with Crippen LogP contribution in [0, 0.1) is 5.92 Å². The minimum Gasteiger partial charge on any atom is -0.396 e. The topological polar surface area (TPSA) is 109 Å². The van der Waals surface area contributed by atoms with Gasteiger partial charge in [-0.1, -0.05) is 0 Å². The van der Waals surface area contributed by atoms with E-state index in [0.29, 0.717) is 18.9 Å². The second-order valence-corrected chi connectivity index (χ2v) is 4.53. The molecule has 0 radical (unpaired) electrons. The van der Waals surface area contributed by atoms with Gasteiger partial charge in [0.25, 0.3) is 0 Å². The van der Waals surface area contributed by atoms with Gasteiger partial charge in [0.2, 0.25) is 0 Å². The first-order valence-corrected chi connectivity index (χ1v) is 6.03. The molecule has 1 unspecified atom stereocenters. The van der Waals surface area contributed by atoms with Gasteiger partial charge < -0.3 is 25.8 Å². The number of aryl methyl sites for hydroxylation is 1. The smallest absolute Gasteiger partial charge is 0.195 e. The minimum atomic E-state index is -0.108. The summed E-state index contributed by atoms with van der Waals surface area (Å²) in [5.74, 6) is 1.04. The predicted molar refractivity (Wildman–Crippen MR) is 67.3 cm³/mol. The summed E-state index contributed by atoms with van der Waals surface area (Å²) in [6, 6.07) is 0.0465. The summed E-state index contributed by atoms with van der Waals surface area (Å²) in [7, 11) is 0. The molecule has 0 saturated carbocycles. The van der Waals surface area contributed by atoms with E-state index in [0.717, 1.165) is 11.5 Å². The number of fused-ring (bicyclic) bond motifs is 1. The van der Waals surface area contributed by atoms with Crippen molar-refractivity contribution in [1.82, 2.24) is 14.9 Å². The third-order valence-electron chi connectivity index (χ3n) is 3.13. The first-order valence-electron chi connectivity index (χ1n) is 6.03. The highest BCUT2D eigenvalue weighted by Gasteiger charge is 2.22. The Morgan fingerprint density at radius 1 is 1.50 bits per heavy atom. The number of hydrogen-bond acceptors (Lipinski definition) is 6. The van der Waals surface area contributed by atoms with Crippen molar-refractivity contribution in [2.75, 3.05) is 13.2 Å². The monoisotopic (exact) mass is 253 g/mol. The average molecular weight is 253 g/mol. The zero-order chi connectivity index (χ0) is 13.1. The maximum Gasteiger partial charge on any atom is 0.195 e. The molecule has 0 amide bonds. The fourth-order valence-corrected chi connectivity index (χ4v) is 1.98. The molecule has 0 aliphatic carbocycles. The van der Waals surface area contributed by atoms with Crippen molar-refractivity contribution in [1.29, 1.82) is 0 Å². The van der Waals surface area contributed by atoms with Crippen LogP contribution in [0.3, 0.4) is 0 Å². The van der Waals surface area contributed by atoms with E-state index in [1.54, 1.807) is 6.33 Å². The molecule has 2 rings (SSSR count). The van der Waals surface area contributed by atoms with Gasteiger partial charge in [0, 0.05) is 25.7 Å². The van der Waals surface area contributed by atoms with Crippen LogP contribution in [0.25, 0.3) is 0 Å². The second-order valence-electron chi connectivity index (χ2n) is 4.53. The maximum atomic E-state index is 9.03. The van der Waals surface area contributed by atoms with Crippen molar-refractivity contribution in [3.63, 3.8) is 0 Å². The van der Waals surface area contributed by atoms with Crippen LogP contribution in [0.1, 0.15) is 25.1 Å². The molecular formula is C11H19N5O2. The lowest BCUT2D eigenvalue weighted by atomic mass is 10.1. The van der Waals surface area contributed by atoms with Gasteiger partial charge >= 0.3 is 0 Å². The Hall–Kier alpha value is -1.60. The van der Waals surface area contributed by atoms with Crippen LogP contribution in [0.4, 0.5) is 5.82 Å². The highest BCUT2D eigenvalue weighted by molar-refractivity contribution is 5.83. The number of rotatable bonds is 5. The van der Waals surface area contributed by atoms with E-state index in [1.165, 1.54) is 0 Å². The molecule has 0 aromatic carbocycles. The van der Waals surface area contributed by atoms with Crippen LogP contribution >= 0.6 is 0 Å². The Balaban J connectivity index is 2.12. The van der Waals surface area contributed by atoms with Gasteiger partial charge in [0.15, 0.2) is 11.8 Å². The zero-order valence-corrected chi connectivity index (χ0v) is 10.4. The molecule has 100 valence electrons. The van der Waals surface area contributed by atoms with E-state index < -0.39 is 0 Å². The van der Waals surface area contributed by atoms with E-state index >= 15 is 0 Å². The number of aliphatic hydroxyl groups is 2. The van der Waals surface area contributed by atoms with Crippen LogP contribution in [0.5, 0.6) is 0 Å². The van der Waals surface area contributed by atoms with E-state index in [9.17, 15) is 0 Å². The summed E-state index contributed by atoms with van der Waals surface area (Å²) in [6.45, 7) is 2.59. The fraction of sp³-hybridized carbons (Fsp3) is 0.636. The Labute approximate surface area is 105 Å². The van der Waals surface area contributed by atoms with Crippen molar-refractivity contribution in [3.8, 4) is 0 Å². The molecule has 18 heavy (non-hydrogen) atoms. The number of aliphatic imine (C=N–C) groups is 1. The Bertz CT molecular complexity index is 439. The fourth-order valence-electron chi connectivity index (χ4n) is 1.98. The quantitative estimate of drug-likeness (QED) is 0.565. The molecule has 1 aliphatic heterocycles. The molecule has 1 aromatic rings. The lowest BCUT2D eigenvalue weighted by Gasteiger charge is -2.19. The number of nitrogens with zero attached hydrogens (tertiary/aromatic N) is 3. The standard InChI is InChI=1S/C11H19N5O2/c1-7-9-10(15-11(12)14-7)16(6-13-9)3-2-8(4-17)5-18/h6-8,17-18H,2-5H2,1H3,(H3,12,14,15). The molecule has 1 aromatic heterocycles. The highest BCUT2D eigenvalue weighted by atomic mass is 16.3. The first kappa shape index (κ1) is 12.8. The molecule has 2 heterocycles. The maximum absolute atomic E-state index is 9.03. The van der Waals surface area contributed by atoms with Crippen LogP contribution in [0.2, 0.25) is 0 Å². The molecule has 7 heteroatoms. The molecule has 0 bridgehead atoms. The number of imidazole rings is 1. The van der Waals surface area contributed by atoms with Crippen molar-refractivity contribution >= 4 is 11.8 Å². The van der Waals surface area contributed by atoms with Gasteiger partial charge in [0.05, 0.1) is 12.4 Å². The number of guanidine groups is 1. The molecule has 5 N–H and O–H groups in total. The summed E-state index contributed by atoms with van der Waals surface area (Å²) < 4.78 is 1.90. The predicted octanol–water partition coefficient (Wildman–Crippen LogP) is -0.516. The molecule has 1 atom stereocenters. The van der Waals surface area contributed by atoms with Crippen LogP contribution in [-0.2, 0) is 6.54 Å². The molecule has 1 aliphatic rings. The van der Waals surface area contributed by atoms with Gasteiger partial charge in [-0.05, 0) is 13.3 Å². The van der Waals surface area contributed by atoms with Crippen molar-refractivity contribution < 1.29 is 10.2 Å². The Morgan fingerprint density at radius 3 is 2.89 bits per heavy atom. The van der Waals surface area contributed by atoms with Gasteiger partial charge in [-0.25, -0.2) is 4.98 Å². The van der Waals surface area contributed by atoms with Gasteiger partial charge in [-0.15, -0.1) is 0 Å². The van der Waals surface area contributed by atoms with Crippen molar-refractivity contribution in [2.45, 2.75) is 25.9 Å². The number of nitrogens with two attached hydrogens (primary N) is 1. The van der Waals surface area contributed by atoms with Gasteiger partial charge in [-0.2, -0.15) is 4.99 Å². The Kier molecular flexibility index (Phi) is 3.83. The average Bonchev–Trinajstić information content (AvgIpc) is 2.74.